The van der Waals surface area contributed by atoms with Crippen molar-refractivity contribution >= 4 is 21.7 Å². The Labute approximate surface area is 184 Å². The van der Waals surface area contributed by atoms with Crippen LogP contribution in [0, 0.1) is 11.8 Å². The third-order valence-corrected chi connectivity index (χ3v) is 7.29. The van der Waals surface area contributed by atoms with Crippen molar-refractivity contribution in [3.8, 4) is 5.75 Å². The Morgan fingerprint density at radius 3 is 2.26 bits per heavy atom. The molecule has 8 nitrogen and oxygen atoms in total. The summed E-state index contributed by atoms with van der Waals surface area (Å²) in [7, 11) is -2.33. The molecule has 0 bridgehead atoms. The zero-order valence-electron chi connectivity index (χ0n) is 18.7. The molecule has 1 aromatic rings. The third kappa shape index (κ3) is 7.50. The van der Waals surface area contributed by atoms with Crippen LogP contribution in [0.4, 0.5) is 0 Å². The molecule has 0 heterocycles. The van der Waals surface area contributed by atoms with E-state index >= 15 is 0 Å². The number of methoxy groups -OCH3 is 1. The van der Waals surface area contributed by atoms with E-state index in [1.807, 2.05) is 0 Å². The second kappa shape index (κ2) is 10.5. The van der Waals surface area contributed by atoms with Crippen LogP contribution in [0.3, 0.4) is 0 Å². The molecular formula is C22H34N2O6S. The monoisotopic (exact) mass is 454 g/mol. The Hall–Kier alpha value is -2.13. The number of carbonyl (C=O) groups is 2. The van der Waals surface area contributed by atoms with Crippen molar-refractivity contribution in [3.63, 3.8) is 0 Å². The number of amides is 1. The molecule has 1 unspecified atom stereocenters. The molecule has 0 aromatic heterocycles. The van der Waals surface area contributed by atoms with Crippen LogP contribution in [0.5, 0.6) is 5.75 Å². The number of carbonyl (C=O) groups excluding carboxylic acids is 2. The zero-order valence-corrected chi connectivity index (χ0v) is 19.5. The molecule has 1 amide bonds. The molecule has 31 heavy (non-hydrogen) atoms. The SMILES string of the molecule is COc1ccc(CNC(=O)[C@H](C(=O)OC(C)(C)C)C(N)S(=O)(=O)CC2CCCC2)cc1. The highest BCUT2D eigenvalue weighted by molar-refractivity contribution is 7.92. The van der Waals surface area contributed by atoms with Crippen molar-refractivity contribution in [3.05, 3.63) is 29.8 Å². The average Bonchev–Trinajstić information content (AvgIpc) is 3.17. The van der Waals surface area contributed by atoms with Gasteiger partial charge in [0.2, 0.25) is 5.91 Å². The topological polar surface area (TPSA) is 125 Å². The Morgan fingerprint density at radius 1 is 1.16 bits per heavy atom. The summed E-state index contributed by atoms with van der Waals surface area (Å²) in [4.78, 5) is 25.7. The summed E-state index contributed by atoms with van der Waals surface area (Å²) < 4.78 is 36.3. The van der Waals surface area contributed by atoms with Crippen LogP contribution in [0.2, 0.25) is 0 Å². The molecule has 2 rings (SSSR count). The number of esters is 1. The van der Waals surface area contributed by atoms with Crippen molar-refractivity contribution in [2.24, 2.45) is 17.6 Å². The van der Waals surface area contributed by atoms with Gasteiger partial charge in [0.15, 0.2) is 15.8 Å². The number of nitrogens with two attached hydrogens (primary N) is 1. The Balaban J connectivity index is 2.17. The maximum atomic E-state index is 12.9. The van der Waals surface area contributed by atoms with E-state index in [1.165, 1.54) is 0 Å². The number of hydrogen-bond donors (Lipinski definition) is 2. The summed E-state index contributed by atoms with van der Waals surface area (Å²) in [6, 6.07) is 7.01. The quantitative estimate of drug-likeness (QED) is 0.433. The molecule has 0 spiro atoms. The average molecular weight is 455 g/mol. The lowest BCUT2D eigenvalue weighted by Crippen LogP contribution is -2.52. The van der Waals surface area contributed by atoms with E-state index in [2.05, 4.69) is 5.32 Å². The number of sulfone groups is 1. The maximum absolute atomic E-state index is 12.9. The van der Waals surface area contributed by atoms with Gasteiger partial charge in [-0.2, -0.15) is 0 Å². The van der Waals surface area contributed by atoms with E-state index in [4.69, 9.17) is 15.2 Å². The minimum absolute atomic E-state index is 0.0118. The first-order valence-corrected chi connectivity index (χ1v) is 12.2. The van der Waals surface area contributed by atoms with Crippen LogP contribution in [-0.4, -0.2) is 44.1 Å². The number of hydrogen-bond acceptors (Lipinski definition) is 7. The molecule has 1 aromatic carbocycles. The van der Waals surface area contributed by atoms with Crippen LogP contribution in [0.1, 0.15) is 52.0 Å². The molecular weight excluding hydrogens is 420 g/mol. The van der Waals surface area contributed by atoms with Crippen molar-refractivity contribution in [1.82, 2.24) is 5.32 Å². The summed E-state index contributed by atoms with van der Waals surface area (Å²) in [5.41, 5.74) is 5.91. The Morgan fingerprint density at radius 2 is 1.74 bits per heavy atom. The largest absolute Gasteiger partial charge is 0.497 e. The molecule has 1 aliphatic rings. The summed E-state index contributed by atoms with van der Waals surface area (Å²) in [5.74, 6) is -2.81. The first-order valence-electron chi connectivity index (χ1n) is 10.5. The molecule has 3 N–H and O–H groups in total. The molecule has 1 aliphatic carbocycles. The first-order chi connectivity index (χ1) is 14.4. The van der Waals surface area contributed by atoms with Gasteiger partial charge in [-0.1, -0.05) is 25.0 Å². The van der Waals surface area contributed by atoms with Crippen LogP contribution in [0.25, 0.3) is 0 Å². The standard InChI is InChI=1S/C22H34N2O6S/c1-22(2,3)30-21(26)18(19(23)31(27,28)14-16-7-5-6-8-16)20(25)24-13-15-9-11-17(29-4)12-10-15/h9-12,16,18-19H,5-8,13-14,23H2,1-4H3,(H,24,25)/t18-,19?/m1/s1. The lowest BCUT2D eigenvalue weighted by atomic mass is 10.1. The predicted octanol–water partition coefficient (Wildman–Crippen LogP) is 2.16. The summed E-state index contributed by atoms with van der Waals surface area (Å²) in [5, 5.41) is 0.957. The van der Waals surface area contributed by atoms with Gasteiger partial charge in [-0.15, -0.1) is 0 Å². The minimum Gasteiger partial charge on any atom is -0.497 e. The van der Waals surface area contributed by atoms with E-state index in [0.717, 1.165) is 31.2 Å². The lowest BCUT2D eigenvalue weighted by molar-refractivity contribution is -0.162. The fraction of sp³-hybridized carbons (Fsp3) is 0.636. The molecule has 1 saturated carbocycles. The molecule has 2 atom stereocenters. The van der Waals surface area contributed by atoms with E-state index in [1.54, 1.807) is 52.1 Å². The van der Waals surface area contributed by atoms with Crippen molar-refractivity contribution in [1.29, 1.82) is 0 Å². The molecule has 0 radical (unpaired) electrons. The highest BCUT2D eigenvalue weighted by Gasteiger charge is 2.43. The van der Waals surface area contributed by atoms with Crippen molar-refractivity contribution < 1.29 is 27.5 Å². The van der Waals surface area contributed by atoms with Crippen molar-refractivity contribution in [2.75, 3.05) is 12.9 Å². The molecule has 9 heteroatoms. The summed E-state index contributed by atoms with van der Waals surface area (Å²) >= 11 is 0. The number of rotatable bonds is 9. The third-order valence-electron chi connectivity index (χ3n) is 5.25. The number of benzene rings is 1. The lowest BCUT2D eigenvalue weighted by Gasteiger charge is -2.27. The fourth-order valence-electron chi connectivity index (χ4n) is 3.62. The second-order valence-corrected chi connectivity index (χ2v) is 11.2. The van der Waals surface area contributed by atoms with Gasteiger partial charge in [0, 0.05) is 6.54 Å². The van der Waals surface area contributed by atoms with Crippen molar-refractivity contribution in [2.45, 2.75) is 64.0 Å². The highest BCUT2D eigenvalue weighted by atomic mass is 32.2. The van der Waals surface area contributed by atoms with Crippen LogP contribution >= 0.6 is 0 Å². The van der Waals surface area contributed by atoms with Crippen LogP contribution in [0.15, 0.2) is 24.3 Å². The van der Waals surface area contributed by atoms with Gasteiger partial charge in [0.25, 0.3) is 0 Å². The number of ether oxygens (including phenoxy) is 2. The zero-order chi connectivity index (χ0) is 23.2. The van der Waals surface area contributed by atoms with Gasteiger partial charge in [-0.05, 0) is 57.2 Å². The van der Waals surface area contributed by atoms with E-state index in [9.17, 15) is 18.0 Å². The maximum Gasteiger partial charge on any atom is 0.321 e. The van der Waals surface area contributed by atoms with Crippen LogP contribution < -0.4 is 15.8 Å². The normalized spacial score (nSPS) is 17.1. The Kier molecular flexibility index (Phi) is 8.48. The minimum atomic E-state index is -3.88. The van der Waals surface area contributed by atoms with Crippen LogP contribution in [-0.2, 0) is 30.7 Å². The fourth-order valence-corrected chi connectivity index (χ4v) is 5.48. The smallest absolute Gasteiger partial charge is 0.321 e. The van der Waals surface area contributed by atoms with Gasteiger partial charge >= 0.3 is 5.97 Å². The molecule has 1 fully saturated rings. The molecule has 0 aliphatic heterocycles. The highest BCUT2D eigenvalue weighted by Crippen LogP contribution is 2.28. The van der Waals surface area contributed by atoms with Gasteiger partial charge in [-0.25, -0.2) is 8.42 Å². The molecule has 174 valence electrons. The van der Waals surface area contributed by atoms with E-state index in [-0.39, 0.29) is 18.2 Å². The van der Waals surface area contributed by atoms with E-state index in [0.29, 0.717) is 5.75 Å². The van der Waals surface area contributed by atoms with E-state index < -0.39 is 38.6 Å². The first kappa shape index (κ1) is 25.1. The van der Waals surface area contributed by atoms with Gasteiger partial charge < -0.3 is 20.5 Å². The number of nitrogens with one attached hydrogen (secondary N) is 1. The van der Waals surface area contributed by atoms with Gasteiger partial charge in [0.1, 0.15) is 16.7 Å². The van der Waals surface area contributed by atoms with Gasteiger partial charge in [0.05, 0.1) is 12.9 Å². The Bertz CT molecular complexity index is 855. The summed E-state index contributed by atoms with van der Waals surface area (Å²) in [6.07, 6.45) is 3.58. The molecule has 0 saturated heterocycles. The second-order valence-electron chi connectivity index (χ2n) is 9.02. The summed E-state index contributed by atoms with van der Waals surface area (Å²) in [6.45, 7) is 5.05. The predicted molar refractivity (Wildman–Crippen MR) is 118 cm³/mol. The van der Waals surface area contributed by atoms with Gasteiger partial charge in [-0.3, -0.25) is 9.59 Å².